The Morgan fingerprint density at radius 2 is 2.04 bits per heavy atom. The molecule has 2 heterocycles. The number of amides is 1. The molecule has 24 heavy (non-hydrogen) atoms. The number of ether oxygens (including phenoxy) is 2. The quantitative estimate of drug-likeness (QED) is 0.841. The minimum atomic E-state index is 0.00846. The van der Waals surface area contributed by atoms with Crippen molar-refractivity contribution in [3.63, 3.8) is 0 Å². The van der Waals surface area contributed by atoms with Crippen LogP contribution >= 0.6 is 0 Å². The molecular formula is C18H27N3O3. The molecule has 2 aliphatic heterocycles. The van der Waals surface area contributed by atoms with Crippen LogP contribution in [0.2, 0.25) is 0 Å². The van der Waals surface area contributed by atoms with Gasteiger partial charge in [-0.1, -0.05) is 19.1 Å². The average molecular weight is 333 g/mol. The summed E-state index contributed by atoms with van der Waals surface area (Å²) in [5, 5.41) is 3.27. The molecule has 132 valence electrons. The highest BCUT2D eigenvalue weighted by Crippen LogP contribution is 2.30. The molecule has 1 saturated heterocycles. The van der Waals surface area contributed by atoms with Gasteiger partial charge in [-0.3, -0.25) is 9.69 Å². The number of nitrogens with one attached hydrogen (secondary N) is 1. The highest BCUT2D eigenvalue weighted by Gasteiger charge is 2.23. The van der Waals surface area contributed by atoms with E-state index in [2.05, 4.69) is 17.1 Å². The topological polar surface area (TPSA) is 54.0 Å². The van der Waals surface area contributed by atoms with Gasteiger partial charge in [0.1, 0.15) is 12.7 Å². The Bertz CT molecular complexity index is 546. The normalized spacial score (nSPS) is 20.2. The Balaban J connectivity index is 1.46. The maximum absolute atomic E-state index is 12.3. The molecule has 0 bridgehead atoms. The van der Waals surface area contributed by atoms with Gasteiger partial charge in [-0.2, -0.15) is 0 Å². The zero-order valence-corrected chi connectivity index (χ0v) is 14.4. The van der Waals surface area contributed by atoms with E-state index in [4.69, 9.17) is 9.47 Å². The molecular weight excluding hydrogens is 306 g/mol. The van der Waals surface area contributed by atoms with Crippen LogP contribution in [0, 0.1) is 0 Å². The van der Waals surface area contributed by atoms with Gasteiger partial charge >= 0.3 is 0 Å². The summed E-state index contributed by atoms with van der Waals surface area (Å²) in [5.41, 5.74) is 0. The Morgan fingerprint density at radius 1 is 1.29 bits per heavy atom. The minimum absolute atomic E-state index is 0.00846. The zero-order valence-electron chi connectivity index (χ0n) is 14.4. The summed E-state index contributed by atoms with van der Waals surface area (Å²) in [6, 6.07) is 7.76. The number of rotatable bonds is 6. The van der Waals surface area contributed by atoms with Crippen molar-refractivity contribution in [2.24, 2.45) is 0 Å². The summed E-state index contributed by atoms with van der Waals surface area (Å²) >= 11 is 0. The molecule has 6 heteroatoms. The monoisotopic (exact) mass is 333 g/mol. The molecule has 2 aliphatic rings. The van der Waals surface area contributed by atoms with Gasteiger partial charge in [0.2, 0.25) is 5.91 Å². The summed E-state index contributed by atoms with van der Waals surface area (Å²) < 4.78 is 11.8. The van der Waals surface area contributed by atoms with E-state index < -0.39 is 0 Å². The van der Waals surface area contributed by atoms with Crippen LogP contribution < -0.4 is 14.8 Å². The van der Waals surface area contributed by atoms with Crippen molar-refractivity contribution in [1.29, 1.82) is 0 Å². The second-order valence-corrected chi connectivity index (χ2v) is 6.27. The van der Waals surface area contributed by atoms with E-state index in [1.165, 1.54) is 0 Å². The number of hydrogen-bond donors (Lipinski definition) is 1. The van der Waals surface area contributed by atoms with Crippen molar-refractivity contribution >= 4 is 5.91 Å². The van der Waals surface area contributed by atoms with Gasteiger partial charge in [0, 0.05) is 45.7 Å². The Hall–Kier alpha value is -1.79. The van der Waals surface area contributed by atoms with Crippen molar-refractivity contribution in [2.75, 3.05) is 52.4 Å². The van der Waals surface area contributed by atoms with Crippen LogP contribution in [0.15, 0.2) is 24.3 Å². The number of hydrogen-bond acceptors (Lipinski definition) is 5. The van der Waals surface area contributed by atoms with E-state index in [0.717, 1.165) is 57.3 Å². The summed E-state index contributed by atoms with van der Waals surface area (Å²) in [6.45, 7) is 8.55. The van der Waals surface area contributed by atoms with Crippen molar-refractivity contribution < 1.29 is 14.3 Å². The van der Waals surface area contributed by atoms with Gasteiger partial charge in [0.25, 0.3) is 0 Å². The SMILES string of the molecule is CCN(CCC(=O)N1CCNCC1)CC1COc2ccccc2O1. The number of para-hydroxylation sites is 2. The number of carbonyl (C=O) groups excluding carboxylic acids is 1. The number of carbonyl (C=O) groups is 1. The molecule has 1 unspecified atom stereocenters. The highest BCUT2D eigenvalue weighted by molar-refractivity contribution is 5.76. The first-order chi connectivity index (χ1) is 11.8. The Morgan fingerprint density at radius 3 is 2.79 bits per heavy atom. The molecule has 1 aromatic carbocycles. The van der Waals surface area contributed by atoms with Crippen LogP contribution in [-0.2, 0) is 4.79 Å². The van der Waals surface area contributed by atoms with Crippen LogP contribution in [0.3, 0.4) is 0 Å². The fourth-order valence-corrected chi connectivity index (χ4v) is 3.15. The molecule has 1 aromatic rings. The van der Waals surface area contributed by atoms with E-state index in [9.17, 15) is 4.79 Å². The number of piperazine rings is 1. The number of benzene rings is 1. The maximum atomic E-state index is 12.3. The van der Waals surface area contributed by atoms with Crippen molar-refractivity contribution in [2.45, 2.75) is 19.4 Å². The predicted molar refractivity (Wildman–Crippen MR) is 92.5 cm³/mol. The van der Waals surface area contributed by atoms with E-state index in [1.807, 2.05) is 29.2 Å². The molecule has 0 radical (unpaired) electrons. The molecule has 0 saturated carbocycles. The van der Waals surface area contributed by atoms with Gasteiger partial charge < -0.3 is 19.7 Å². The van der Waals surface area contributed by atoms with Crippen LogP contribution in [0.1, 0.15) is 13.3 Å². The van der Waals surface area contributed by atoms with Crippen molar-refractivity contribution in [1.82, 2.24) is 15.1 Å². The lowest BCUT2D eigenvalue weighted by Gasteiger charge is -2.32. The summed E-state index contributed by atoms with van der Waals surface area (Å²) in [7, 11) is 0. The first kappa shape index (κ1) is 17.0. The largest absolute Gasteiger partial charge is 0.486 e. The lowest BCUT2D eigenvalue weighted by Crippen LogP contribution is -2.47. The fraction of sp³-hybridized carbons (Fsp3) is 0.611. The Kier molecular flexibility index (Phi) is 5.93. The summed E-state index contributed by atoms with van der Waals surface area (Å²) in [6.07, 6.45) is 0.576. The van der Waals surface area contributed by atoms with Crippen LogP contribution in [-0.4, -0.2) is 74.2 Å². The van der Waals surface area contributed by atoms with Gasteiger partial charge in [0.05, 0.1) is 0 Å². The molecule has 0 aromatic heterocycles. The van der Waals surface area contributed by atoms with E-state index in [1.54, 1.807) is 0 Å². The van der Waals surface area contributed by atoms with Gasteiger partial charge in [-0.15, -0.1) is 0 Å². The predicted octanol–water partition coefficient (Wildman–Crippen LogP) is 0.970. The number of likely N-dealkylation sites (N-methyl/N-ethyl adjacent to an activating group) is 1. The first-order valence-electron chi connectivity index (χ1n) is 8.85. The van der Waals surface area contributed by atoms with E-state index in [-0.39, 0.29) is 12.0 Å². The van der Waals surface area contributed by atoms with Gasteiger partial charge in [0.15, 0.2) is 11.5 Å². The fourth-order valence-electron chi connectivity index (χ4n) is 3.15. The van der Waals surface area contributed by atoms with Crippen molar-refractivity contribution in [3.05, 3.63) is 24.3 Å². The van der Waals surface area contributed by atoms with E-state index >= 15 is 0 Å². The standard InChI is InChI=1S/C18H27N3O3/c1-2-20(10-7-18(22)21-11-8-19-9-12-21)13-15-14-23-16-5-3-4-6-17(16)24-15/h3-6,15,19H,2,7-14H2,1H3. The third-order valence-corrected chi connectivity index (χ3v) is 4.59. The van der Waals surface area contributed by atoms with Gasteiger partial charge in [-0.25, -0.2) is 0 Å². The lowest BCUT2D eigenvalue weighted by atomic mass is 10.2. The van der Waals surface area contributed by atoms with E-state index in [0.29, 0.717) is 13.0 Å². The molecule has 6 nitrogen and oxygen atoms in total. The number of nitrogens with zero attached hydrogens (tertiary/aromatic N) is 2. The molecule has 0 aliphatic carbocycles. The third-order valence-electron chi connectivity index (χ3n) is 4.59. The van der Waals surface area contributed by atoms with Crippen LogP contribution in [0.25, 0.3) is 0 Å². The minimum Gasteiger partial charge on any atom is -0.486 e. The zero-order chi connectivity index (χ0) is 16.8. The molecule has 1 amide bonds. The Labute approximate surface area is 143 Å². The molecule has 1 atom stereocenters. The third kappa shape index (κ3) is 4.39. The average Bonchev–Trinajstić information content (AvgIpc) is 2.65. The lowest BCUT2D eigenvalue weighted by molar-refractivity contribution is -0.132. The second kappa shape index (κ2) is 8.35. The first-order valence-corrected chi connectivity index (χ1v) is 8.85. The van der Waals surface area contributed by atoms with Gasteiger partial charge in [-0.05, 0) is 18.7 Å². The number of fused-ring (bicyclic) bond motifs is 1. The smallest absolute Gasteiger partial charge is 0.223 e. The second-order valence-electron chi connectivity index (χ2n) is 6.27. The summed E-state index contributed by atoms with van der Waals surface area (Å²) in [4.78, 5) is 16.5. The maximum Gasteiger partial charge on any atom is 0.223 e. The highest BCUT2D eigenvalue weighted by atomic mass is 16.6. The molecule has 3 rings (SSSR count). The molecule has 0 spiro atoms. The molecule has 1 N–H and O–H groups in total. The van der Waals surface area contributed by atoms with Crippen molar-refractivity contribution in [3.8, 4) is 11.5 Å². The molecule has 1 fully saturated rings. The van der Waals surface area contributed by atoms with Crippen LogP contribution in [0.5, 0.6) is 11.5 Å². The summed E-state index contributed by atoms with van der Waals surface area (Å²) in [5.74, 6) is 1.87. The van der Waals surface area contributed by atoms with Crippen LogP contribution in [0.4, 0.5) is 0 Å².